The zero-order valence-electron chi connectivity index (χ0n) is 14.6. The second-order valence-corrected chi connectivity index (χ2v) is 6.83. The summed E-state index contributed by atoms with van der Waals surface area (Å²) < 4.78 is 13.7. The quantitative estimate of drug-likeness (QED) is 0.812. The third-order valence-electron chi connectivity index (χ3n) is 4.45. The van der Waals surface area contributed by atoms with Crippen molar-refractivity contribution >= 4 is 24.9 Å². The van der Waals surface area contributed by atoms with E-state index in [9.17, 15) is 4.79 Å². The number of aryl methyl sites for hydroxylation is 1. The highest BCUT2D eigenvalue weighted by molar-refractivity contribution is 6.56. The maximum Gasteiger partial charge on any atom is 0.492 e. The van der Waals surface area contributed by atoms with Crippen molar-refractivity contribution in [1.82, 2.24) is 15.1 Å². The number of amides is 1. The number of hydrogen-bond acceptors (Lipinski definition) is 5. The summed E-state index contributed by atoms with van der Waals surface area (Å²) in [6, 6.07) is 0. The minimum Gasteiger partial charge on any atom is -0.400 e. The Kier molecular flexibility index (Phi) is 4.59. The molecule has 1 aromatic rings. The van der Waals surface area contributed by atoms with Gasteiger partial charge in [0.25, 0.3) is 0 Å². The van der Waals surface area contributed by atoms with Crippen molar-refractivity contribution in [2.45, 2.75) is 45.8 Å². The van der Waals surface area contributed by atoms with E-state index in [-0.39, 0.29) is 5.91 Å². The van der Waals surface area contributed by atoms with Crippen molar-refractivity contribution in [3.8, 4) is 0 Å². The van der Waals surface area contributed by atoms with Crippen LogP contribution in [0.5, 0.6) is 0 Å². The van der Waals surface area contributed by atoms with Gasteiger partial charge in [0.1, 0.15) is 5.82 Å². The molecule has 126 valence electrons. The molecule has 1 saturated heterocycles. The first-order valence-corrected chi connectivity index (χ1v) is 7.61. The van der Waals surface area contributed by atoms with Crippen LogP contribution in [0.1, 0.15) is 40.2 Å². The van der Waals surface area contributed by atoms with Crippen molar-refractivity contribution in [3.63, 3.8) is 0 Å². The van der Waals surface area contributed by atoms with Crippen LogP contribution in [0.25, 0.3) is 6.08 Å². The average Bonchev–Trinajstić information content (AvgIpc) is 2.83. The largest absolute Gasteiger partial charge is 0.492 e. The van der Waals surface area contributed by atoms with Crippen LogP contribution in [0.4, 0.5) is 5.82 Å². The van der Waals surface area contributed by atoms with Crippen molar-refractivity contribution in [1.29, 1.82) is 0 Å². The number of nitrogens with zero attached hydrogens (tertiary/aromatic N) is 2. The van der Waals surface area contributed by atoms with Crippen LogP contribution < -0.4 is 11.1 Å². The molecule has 1 aliphatic heterocycles. The van der Waals surface area contributed by atoms with Gasteiger partial charge < -0.3 is 20.4 Å². The molecule has 0 spiro atoms. The summed E-state index contributed by atoms with van der Waals surface area (Å²) in [6.07, 6.45) is 3.54. The number of carbonyl (C=O) groups is 1. The summed E-state index contributed by atoms with van der Waals surface area (Å²) in [4.78, 5) is 11.3. The van der Waals surface area contributed by atoms with E-state index in [0.717, 1.165) is 11.0 Å². The van der Waals surface area contributed by atoms with Gasteiger partial charge in [0.15, 0.2) is 0 Å². The third kappa shape index (κ3) is 3.59. The summed E-state index contributed by atoms with van der Waals surface area (Å²) in [7, 11) is 1.22. The van der Waals surface area contributed by atoms with Crippen LogP contribution in [0.2, 0.25) is 0 Å². The standard InChI is InChI=1S/C15H25BN4O3/c1-10(21)18-9-12(7-11-8-19-20(6)13(11)17)16-22-14(2,3)15(4,5)23-16/h7-8H,9,17H2,1-6H3,(H,18,21). The Labute approximate surface area is 137 Å². The molecule has 0 saturated carbocycles. The molecular weight excluding hydrogens is 295 g/mol. The first-order chi connectivity index (χ1) is 10.5. The fraction of sp³-hybridized carbons (Fsp3) is 0.600. The van der Waals surface area contributed by atoms with Crippen molar-refractivity contribution in [2.75, 3.05) is 12.3 Å². The molecule has 2 rings (SSSR count). The monoisotopic (exact) mass is 320 g/mol. The van der Waals surface area contributed by atoms with Gasteiger partial charge in [-0.25, -0.2) is 0 Å². The van der Waals surface area contributed by atoms with E-state index in [4.69, 9.17) is 15.0 Å². The normalized spacial score (nSPS) is 19.9. The van der Waals surface area contributed by atoms with E-state index in [0.29, 0.717) is 12.4 Å². The van der Waals surface area contributed by atoms with Gasteiger partial charge in [-0.2, -0.15) is 5.10 Å². The molecule has 23 heavy (non-hydrogen) atoms. The summed E-state index contributed by atoms with van der Waals surface area (Å²) in [5.74, 6) is 0.424. The Morgan fingerprint density at radius 3 is 2.39 bits per heavy atom. The molecule has 7 nitrogen and oxygen atoms in total. The summed E-state index contributed by atoms with van der Waals surface area (Å²) >= 11 is 0. The Hall–Kier alpha value is -1.80. The zero-order chi connectivity index (χ0) is 17.4. The van der Waals surface area contributed by atoms with Gasteiger partial charge in [0.2, 0.25) is 5.91 Å². The maximum absolute atomic E-state index is 11.3. The molecule has 8 heteroatoms. The lowest BCUT2D eigenvalue weighted by atomic mass is 9.77. The number of hydrogen-bond donors (Lipinski definition) is 2. The lowest BCUT2D eigenvalue weighted by molar-refractivity contribution is -0.118. The van der Waals surface area contributed by atoms with Crippen molar-refractivity contribution < 1.29 is 14.1 Å². The highest BCUT2D eigenvalue weighted by Crippen LogP contribution is 2.38. The Balaban J connectivity index is 2.32. The fourth-order valence-corrected chi connectivity index (χ4v) is 2.20. The molecule has 0 bridgehead atoms. The van der Waals surface area contributed by atoms with Gasteiger partial charge >= 0.3 is 7.12 Å². The smallest absolute Gasteiger partial charge is 0.400 e. The van der Waals surface area contributed by atoms with Gasteiger partial charge in [-0.05, 0) is 33.2 Å². The van der Waals surface area contributed by atoms with Gasteiger partial charge in [0.05, 0.1) is 17.4 Å². The fourth-order valence-electron chi connectivity index (χ4n) is 2.20. The molecular formula is C15H25BN4O3. The molecule has 3 N–H and O–H groups in total. The van der Waals surface area contributed by atoms with Crippen LogP contribution >= 0.6 is 0 Å². The number of anilines is 1. The van der Waals surface area contributed by atoms with Gasteiger partial charge in [-0.1, -0.05) is 6.08 Å². The van der Waals surface area contributed by atoms with Gasteiger partial charge in [0, 0.05) is 26.1 Å². The molecule has 1 amide bonds. The van der Waals surface area contributed by atoms with Crippen LogP contribution in [0.3, 0.4) is 0 Å². The third-order valence-corrected chi connectivity index (χ3v) is 4.45. The second-order valence-electron chi connectivity index (χ2n) is 6.83. The molecule has 0 radical (unpaired) electrons. The summed E-state index contributed by atoms with van der Waals surface area (Å²) in [6.45, 7) is 9.74. The zero-order valence-corrected chi connectivity index (χ0v) is 14.6. The number of aromatic nitrogens is 2. The van der Waals surface area contributed by atoms with Crippen LogP contribution in [0, 0.1) is 0 Å². The van der Waals surface area contributed by atoms with Crippen molar-refractivity contribution in [3.05, 3.63) is 17.2 Å². The molecule has 2 heterocycles. The topological polar surface area (TPSA) is 91.4 Å². The Morgan fingerprint density at radius 2 is 1.96 bits per heavy atom. The van der Waals surface area contributed by atoms with E-state index in [2.05, 4.69) is 10.4 Å². The second kappa shape index (κ2) is 6.01. The molecule has 1 aliphatic rings. The average molecular weight is 320 g/mol. The number of nitrogen functional groups attached to an aromatic ring is 1. The van der Waals surface area contributed by atoms with Gasteiger partial charge in [-0.3, -0.25) is 9.48 Å². The molecule has 0 unspecified atom stereocenters. The lowest BCUT2D eigenvalue weighted by Crippen LogP contribution is -2.41. The van der Waals surface area contributed by atoms with E-state index in [1.807, 2.05) is 33.8 Å². The number of carbonyl (C=O) groups excluding carboxylic acids is 1. The SMILES string of the molecule is CC(=O)NCC(=Cc1cnn(C)c1N)B1OC(C)(C)C(C)(C)O1. The van der Waals surface area contributed by atoms with E-state index in [1.165, 1.54) is 6.92 Å². The minimum atomic E-state index is -0.550. The summed E-state index contributed by atoms with van der Waals surface area (Å²) in [5.41, 5.74) is 6.65. The highest BCUT2D eigenvalue weighted by Gasteiger charge is 2.52. The van der Waals surface area contributed by atoms with E-state index < -0.39 is 18.3 Å². The van der Waals surface area contributed by atoms with Crippen LogP contribution in [-0.2, 0) is 21.2 Å². The molecule has 0 aromatic carbocycles. The van der Waals surface area contributed by atoms with Crippen LogP contribution in [-0.4, -0.2) is 40.6 Å². The maximum atomic E-state index is 11.3. The number of nitrogens with one attached hydrogen (secondary N) is 1. The number of rotatable bonds is 4. The predicted molar refractivity (Wildman–Crippen MR) is 90.4 cm³/mol. The molecule has 0 atom stereocenters. The van der Waals surface area contributed by atoms with E-state index >= 15 is 0 Å². The Morgan fingerprint density at radius 1 is 1.39 bits per heavy atom. The summed E-state index contributed by atoms with van der Waals surface area (Å²) in [5, 5.41) is 6.91. The first kappa shape index (κ1) is 17.6. The minimum absolute atomic E-state index is 0.119. The van der Waals surface area contributed by atoms with Crippen molar-refractivity contribution in [2.24, 2.45) is 7.05 Å². The lowest BCUT2D eigenvalue weighted by Gasteiger charge is -2.32. The Bertz CT molecular complexity index is 621. The first-order valence-electron chi connectivity index (χ1n) is 7.61. The van der Waals surface area contributed by atoms with Crippen LogP contribution in [0.15, 0.2) is 11.7 Å². The molecule has 1 aromatic heterocycles. The van der Waals surface area contributed by atoms with E-state index in [1.54, 1.807) is 17.9 Å². The number of nitrogens with two attached hydrogens (primary N) is 1. The molecule has 0 aliphatic carbocycles. The highest BCUT2D eigenvalue weighted by atomic mass is 16.7. The van der Waals surface area contributed by atoms with Gasteiger partial charge in [-0.15, -0.1) is 0 Å². The predicted octanol–water partition coefficient (Wildman–Crippen LogP) is 1.15. The molecule has 1 fully saturated rings.